The van der Waals surface area contributed by atoms with Gasteiger partial charge in [-0.2, -0.15) is 4.98 Å². The molecule has 0 aliphatic carbocycles. The van der Waals surface area contributed by atoms with Crippen LogP contribution in [0.2, 0.25) is 0 Å². The number of rotatable bonds is 6. The number of ether oxygens (including phenoxy) is 1. The monoisotopic (exact) mass is 263 g/mol. The topological polar surface area (TPSA) is 100.0 Å². The number of nitrogens with zero attached hydrogens (tertiary/aromatic N) is 4. The predicted octanol–water partition coefficient (Wildman–Crippen LogP) is 1.73. The molecule has 0 aliphatic heterocycles. The third-order valence-electron chi connectivity index (χ3n) is 2.71. The van der Waals surface area contributed by atoms with E-state index in [1.807, 2.05) is 0 Å². The molecule has 1 atom stereocenters. The lowest BCUT2D eigenvalue weighted by atomic mass is 10.1. The van der Waals surface area contributed by atoms with Crippen LogP contribution in [0.15, 0.2) is 16.9 Å². The molecule has 2 aromatic heterocycles. The van der Waals surface area contributed by atoms with Gasteiger partial charge >= 0.3 is 0 Å². The van der Waals surface area contributed by atoms with E-state index in [9.17, 15) is 0 Å². The molecule has 2 N–H and O–H groups in total. The van der Waals surface area contributed by atoms with Crippen molar-refractivity contribution >= 4 is 0 Å². The molecule has 0 saturated heterocycles. The van der Waals surface area contributed by atoms with Gasteiger partial charge in [-0.25, -0.2) is 9.97 Å². The first kappa shape index (κ1) is 13.4. The van der Waals surface area contributed by atoms with Crippen LogP contribution in [0.25, 0.3) is 11.5 Å². The molecule has 7 nitrogen and oxygen atoms in total. The van der Waals surface area contributed by atoms with Crippen LogP contribution in [0.3, 0.4) is 0 Å². The summed E-state index contributed by atoms with van der Waals surface area (Å²) in [5.74, 6) is 1.27. The van der Waals surface area contributed by atoms with Crippen LogP contribution in [-0.4, -0.2) is 27.2 Å². The average molecular weight is 263 g/mol. The highest BCUT2D eigenvalue weighted by molar-refractivity contribution is 5.49. The molecule has 0 fully saturated rings. The summed E-state index contributed by atoms with van der Waals surface area (Å²) in [7, 11) is 1.54. The molecule has 0 unspecified atom stereocenters. The van der Waals surface area contributed by atoms with Crippen LogP contribution in [0.5, 0.6) is 5.88 Å². The van der Waals surface area contributed by atoms with E-state index in [1.54, 1.807) is 6.07 Å². The average Bonchev–Trinajstić information content (AvgIpc) is 2.94. The molecule has 102 valence electrons. The maximum Gasteiger partial charge on any atom is 0.243 e. The lowest BCUT2D eigenvalue weighted by Crippen LogP contribution is -2.10. The summed E-state index contributed by atoms with van der Waals surface area (Å²) in [6.07, 6.45) is 4.32. The number of aromatic nitrogens is 4. The molecule has 0 bridgehead atoms. The second-order valence-corrected chi connectivity index (χ2v) is 4.15. The molecule has 19 heavy (non-hydrogen) atoms. The quantitative estimate of drug-likeness (QED) is 0.846. The van der Waals surface area contributed by atoms with Gasteiger partial charge in [0.1, 0.15) is 12.0 Å². The Morgan fingerprint density at radius 3 is 3.00 bits per heavy atom. The SMILES string of the molecule is CCCC[C@H](N)c1nc(-c2cc(OC)ncn2)no1. The van der Waals surface area contributed by atoms with Gasteiger partial charge in [0.15, 0.2) is 0 Å². The van der Waals surface area contributed by atoms with E-state index in [1.165, 1.54) is 13.4 Å². The molecule has 0 aromatic carbocycles. The van der Waals surface area contributed by atoms with Crippen molar-refractivity contribution in [2.75, 3.05) is 7.11 Å². The van der Waals surface area contributed by atoms with E-state index < -0.39 is 0 Å². The molecule has 0 amide bonds. The number of hydrogen-bond acceptors (Lipinski definition) is 7. The maximum absolute atomic E-state index is 5.97. The molecule has 0 spiro atoms. The van der Waals surface area contributed by atoms with Crippen molar-refractivity contribution in [3.05, 3.63) is 18.3 Å². The Morgan fingerprint density at radius 1 is 1.42 bits per heavy atom. The second-order valence-electron chi connectivity index (χ2n) is 4.15. The van der Waals surface area contributed by atoms with Gasteiger partial charge in [0.2, 0.25) is 17.6 Å². The summed E-state index contributed by atoms with van der Waals surface area (Å²) in [6.45, 7) is 2.11. The molecule has 0 radical (unpaired) electrons. The second kappa shape index (κ2) is 6.24. The maximum atomic E-state index is 5.97. The summed E-state index contributed by atoms with van der Waals surface area (Å²) >= 11 is 0. The van der Waals surface area contributed by atoms with Gasteiger partial charge in [-0.1, -0.05) is 24.9 Å². The fourth-order valence-corrected chi connectivity index (χ4v) is 1.61. The standard InChI is InChI=1S/C12H17N5O2/c1-3-4-5-8(13)12-16-11(17-19-12)9-6-10(18-2)15-7-14-9/h6-8H,3-5,13H2,1-2H3/t8-/m0/s1. The molecule has 7 heteroatoms. The van der Waals surface area contributed by atoms with E-state index in [4.69, 9.17) is 15.0 Å². The Bertz CT molecular complexity index is 528. The summed E-state index contributed by atoms with van der Waals surface area (Å²) in [6, 6.07) is 1.41. The highest BCUT2D eigenvalue weighted by Crippen LogP contribution is 2.20. The van der Waals surface area contributed by atoms with E-state index >= 15 is 0 Å². The summed E-state index contributed by atoms with van der Waals surface area (Å²) in [5, 5.41) is 3.88. The van der Waals surface area contributed by atoms with Crippen LogP contribution in [0, 0.1) is 0 Å². The zero-order valence-corrected chi connectivity index (χ0v) is 11.0. The Balaban J connectivity index is 2.15. The minimum Gasteiger partial charge on any atom is -0.481 e. The summed E-state index contributed by atoms with van der Waals surface area (Å²) in [5.41, 5.74) is 6.52. The van der Waals surface area contributed by atoms with Crippen molar-refractivity contribution in [1.82, 2.24) is 20.1 Å². The summed E-state index contributed by atoms with van der Waals surface area (Å²) < 4.78 is 10.2. The van der Waals surface area contributed by atoms with E-state index in [0.717, 1.165) is 19.3 Å². The van der Waals surface area contributed by atoms with E-state index in [-0.39, 0.29) is 6.04 Å². The Hall–Kier alpha value is -2.02. The van der Waals surface area contributed by atoms with Crippen LogP contribution in [0.4, 0.5) is 0 Å². The first-order valence-electron chi connectivity index (χ1n) is 6.20. The molecule has 2 aromatic rings. The normalized spacial score (nSPS) is 12.4. The molecule has 2 heterocycles. The molecule has 0 saturated carbocycles. The van der Waals surface area contributed by atoms with E-state index in [0.29, 0.717) is 23.3 Å². The van der Waals surface area contributed by atoms with Gasteiger partial charge in [-0.3, -0.25) is 0 Å². The van der Waals surface area contributed by atoms with Gasteiger partial charge in [-0.15, -0.1) is 0 Å². The van der Waals surface area contributed by atoms with Crippen molar-refractivity contribution in [2.24, 2.45) is 5.73 Å². The van der Waals surface area contributed by atoms with Crippen LogP contribution in [0.1, 0.15) is 38.1 Å². The zero-order chi connectivity index (χ0) is 13.7. The highest BCUT2D eigenvalue weighted by atomic mass is 16.5. The molecular formula is C12H17N5O2. The highest BCUT2D eigenvalue weighted by Gasteiger charge is 2.16. The Morgan fingerprint density at radius 2 is 2.26 bits per heavy atom. The number of unbranched alkanes of at least 4 members (excludes halogenated alkanes) is 1. The van der Waals surface area contributed by atoms with Crippen molar-refractivity contribution in [3.8, 4) is 17.4 Å². The smallest absolute Gasteiger partial charge is 0.243 e. The van der Waals surface area contributed by atoms with Crippen molar-refractivity contribution < 1.29 is 9.26 Å². The van der Waals surface area contributed by atoms with Crippen LogP contribution < -0.4 is 10.5 Å². The minimum absolute atomic E-state index is 0.232. The number of nitrogens with two attached hydrogens (primary N) is 1. The van der Waals surface area contributed by atoms with Crippen molar-refractivity contribution in [3.63, 3.8) is 0 Å². The predicted molar refractivity (Wildman–Crippen MR) is 68.3 cm³/mol. The first-order chi connectivity index (χ1) is 9.24. The number of hydrogen-bond donors (Lipinski definition) is 1. The van der Waals surface area contributed by atoms with E-state index in [2.05, 4.69) is 27.0 Å². The fourth-order valence-electron chi connectivity index (χ4n) is 1.61. The zero-order valence-electron chi connectivity index (χ0n) is 11.0. The van der Waals surface area contributed by atoms with Crippen LogP contribution >= 0.6 is 0 Å². The minimum atomic E-state index is -0.232. The molecule has 2 rings (SSSR count). The van der Waals surface area contributed by atoms with Gasteiger partial charge in [0.05, 0.1) is 13.2 Å². The lowest BCUT2D eigenvalue weighted by molar-refractivity contribution is 0.346. The summed E-state index contributed by atoms with van der Waals surface area (Å²) in [4.78, 5) is 12.3. The van der Waals surface area contributed by atoms with Gasteiger partial charge in [-0.05, 0) is 6.42 Å². The first-order valence-corrected chi connectivity index (χ1v) is 6.20. The third kappa shape index (κ3) is 3.25. The largest absolute Gasteiger partial charge is 0.481 e. The fraction of sp³-hybridized carbons (Fsp3) is 0.500. The molecule has 0 aliphatic rings. The van der Waals surface area contributed by atoms with Gasteiger partial charge in [0, 0.05) is 6.07 Å². The van der Waals surface area contributed by atoms with Gasteiger partial charge < -0.3 is 15.0 Å². The molecular weight excluding hydrogens is 246 g/mol. The Kier molecular flexibility index (Phi) is 4.40. The van der Waals surface area contributed by atoms with Crippen LogP contribution in [-0.2, 0) is 0 Å². The van der Waals surface area contributed by atoms with Crippen molar-refractivity contribution in [1.29, 1.82) is 0 Å². The Labute approximate surface area is 111 Å². The third-order valence-corrected chi connectivity index (χ3v) is 2.71. The van der Waals surface area contributed by atoms with Gasteiger partial charge in [0.25, 0.3) is 0 Å². The number of methoxy groups -OCH3 is 1. The van der Waals surface area contributed by atoms with Crippen molar-refractivity contribution in [2.45, 2.75) is 32.2 Å². The lowest BCUT2D eigenvalue weighted by Gasteiger charge is -2.03.